The maximum atomic E-state index is 12.9. The summed E-state index contributed by atoms with van der Waals surface area (Å²) in [5.41, 5.74) is 1.46. The summed E-state index contributed by atoms with van der Waals surface area (Å²) in [6, 6.07) is 20.8. The molecule has 6 heteroatoms. The number of hydrogen-bond donors (Lipinski definition) is 1. The van der Waals surface area contributed by atoms with E-state index in [-0.39, 0.29) is 6.01 Å². The maximum Gasteiger partial charge on any atom is 0.348 e. The van der Waals surface area contributed by atoms with Gasteiger partial charge in [-0.05, 0) is 43.4 Å². The van der Waals surface area contributed by atoms with Crippen LogP contribution in [0.1, 0.15) is 61.0 Å². The number of carbonyl (C=O) groups is 1. The minimum Gasteiger partial charge on any atom is -0.478 e. The molecule has 0 unspecified atom stereocenters. The lowest BCUT2D eigenvalue weighted by Gasteiger charge is -2.39. The number of carboxylic acid groups (broad SMARTS) is 1. The number of aryl methyl sites for hydroxylation is 2. The Balaban J connectivity index is 1.78. The molecule has 1 heterocycles. The third kappa shape index (κ3) is 5.88. The molecular weight excluding hydrogens is 440 g/mol. The summed E-state index contributed by atoms with van der Waals surface area (Å²) in [7, 11) is 0. The van der Waals surface area contributed by atoms with E-state index in [1.165, 1.54) is 32.1 Å². The molecule has 0 bridgehead atoms. The minimum atomic E-state index is -1.40. The Morgan fingerprint density at radius 3 is 2.00 bits per heavy atom. The van der Waals surface area contributed by atoms with Crippen molar-refractivity contribution in [2.75, 3.05) is 6.61 Å². The molecule has 1 aliphatic rings. The van der Waals surface area contributed by atoms with Gasteiger partial charge in [0, 0.05) is 18.0 Å². The second-order valence-electron chi connectivity index (χ2n) is 9.38. The van der Waals surface area contributed by atoms with Crippen LogP contribution >= 0.6 is 0 Å². The van der Waals surface area contributed by atoms with Crippen molar-refractivity contribution in [3.8, 4) is 6.01 Å². The molecule has 35 heavy (non-hydrogen) atoms. The van der Waals surface area contributed by atoms with E-state index in [1.54, 1.807) is 0 Å². The van der Waals surface area contributed by atoms with E-state index in [0.29, 0.717) is 35.0 Å². The van der Waals surface area contributed by atoms with E-state index >= 15 is 0 Å². The first-order valence-corrected chi connectivity index (χ1v) is 12.5. The van der Waals surface area contributed by atoms with E-state index in [1.807, 2.05) is 80.6 Å². The van der Waals surface area contributed by atoms with Crippen LogP contribution in [0, 0.1) is 19.8 Å². The first kappa shape index (κ1) is 24.9. The van der Waals surface area contributed by atoms with Gasteiger partial charge < -0.3 is 14.6 Å². The molecule has 0 radical (unpaired) electrons. The number of aliphatic carboxylic acids is 1. The third-order valence-corrected chi connectivity index (χ3v) is 6.76. The lowest BCUT2D eigenvalue weighted by atomic mass is 9.80. The summed E-state index contributed by atoms with van der Waals surface area (Å²) in [6.07, 6.45) is 5.66. The molecule has 1 aromatic heterocycles. The van der Waals surface area contributed by atoms with Gasteiger partial charge in [-0.25, -0.2) is 14.8 Å². The number of aromatic nitrogens is 2. The van der Waals surface area contributed by atoms with Gasteiger partial charge in [-0.1, -0.05) is 92.8 Å². The SMILES string of the molecule is Cc1cc(C)nc(O[C@H](C(=O)O)C(OCCC2CCCCC2)(c2ccccc2)c2ccccc2)n1. The number of hydrogen-bond acceptors (Lipinski definition) is 5. The fraction of sp³-hybridized carbons (Fsp3) is 0.414. The summed E-state index contributed by atoms with van der Waals surface area (Å²) in [5.74, 6) is -0.543. The molecule has 1 aliphatic carbocycles. The zero-order valence-electron chi connectivity index (χ0n) is 20.5. The monoisotopic (exact) mass is 474 g/mol. The van der Waals surface area contributed by atoms with Crippen molar-refractivity contribution in [3.63, 3.8) is 0 Å². The van der Waals surface area contributed by atoms with Crippen molar-refractivity contribution in [2.45, 2.75) is 64.1 Å². The molecule has 1 atom stereocenters. The Kier molecular flexibility index (Phi) is 8.13. The fourth-order valence-corrected chi connectivity index (χ4v) is 5.10. The van der Waals surface area contributed by atoms with Crippen LogP contribution in [0.3, 0.4) is 0 Å². The second kappa shape index (κ2) is 11.5. The van der Waals surface area contributed by atoms with Crippen LogP contribution in [0.25, 0.3) is 0 Å². The van der Waals surface area contributed by atoms with Gasteiger partial charge in [-0.2, -0.15) is 0 Å². The van der Waals surface area contributed by atoms with Crippen molar-refractivity contribution < 1.29 is 19.4 Å². The number of benzene rings is 2. The van der Waals surface area contributed by atoms with Crippen molar-refractivity contribution in [2.24, 2.45) is 5.92 Å². The summed E-state index contributed by atoms with van der Waals surface area (Å²) in [6.45, 7) is 4.09. The van der Waals surface area contributed by atoms with Gasteiger partial charge in [0.15, 0.2) is 5.60 Å². The summed E-state index contributed by atoms with van der Waals surface area (Å²) < 4.78 is 12.8. The number of rotatable bonds is 10. The van der Waals surface area contributed by atoms with Gasteiger partial charge in [0.25, 0.3) is 0 Å². The highest BCUT2D eigenvalue weighted by molar-refractivity contribution is 5.76. The molecule has 3 aromatic rings. The number of ether oxygens (including phenoxy) is 2. The molecule has 4 rings (SSSR count). The Bertz CT molecular complexity index is 1040. The van der Waals surface area contributed by atoms with Gasteiger partial charge >= 0.3 is 12.0 Å². The zero-order chi connectivity index (χ0) is 24.7. The highest BCUT2D eigenvalue weighted by Gasteiger charge is 2.50. The normalized spacial score (nSPS) is 15.5. The Morgan fingerprint density at radius 1 is 0.943 bits per heavy atom. The highest BCUT2D eigenvalue weighted by atomic mass is 16.6. The fourth-order valence-electron chi connectivity index (χ4n) is 5.10. The predicted octanol–water partition coefficient (Wildman–Crippen LogP) is 5.86. The van der Waals surface area contributed by atoms with Crippen LogP contribution in [-0.2, 0) is 15.1 Å². The molecule has 1 N–H and O–H groups in total. The standard InChI is InChI=1S/C29H34N2O4/c1-21-20-22(2)31-28(30-21)35-26(27(32)33)29(24-14-8-4-9-15-24,25-16-10-5-11-17-25)34-19-18-23-12-6-3-7-13-23/h4-5,8-11,14-17,20,23,26H,3,6-7,12-13,18-19H2,1-2H3,(H,32,33)/t26-/m1/s1. The molecule has 6 nitrogen and oxygen atoms in total. The van der Waals surface area contributed by atoms with Crippen LogP contribution < -0.4 is 4.74 Å². The summed E-state index contributed by atoms with van der Waals surface area (Å²) in [5, 5.41) is 10.5. The van der Waals surface area contributed by atoms with Gasteiger partial charge in [0.2, 0.25) is 6.10 Å². The number of nitrogens with zero attached hydrogens (tertiary/aromatic N) is 2. The average molecular weight is 475 g/mol. The zero-order valence-corrected chi connectivity index (χ0v) is 20.5. The summed E-state index contributed by atoms with van der Waals surface area (Å²) >= 11 is 0. The van der Waals surface area contributed by atoms with E-state index in [4.69, 9.17) is 9.47 Å². The molecule has 0 saturated heterocycles. The summed E-state index contributed by atoms with van der Waals surface area (Å²) in [4.78, 5) is 21.6. The van der Waals surface area contributed by atoms with E-state index in [2.05, 4.69) is 9.97 Å². The molecule has 0 aliphatic heterocycles. The van der Waals surface area contributed by atoms with Crippen LogP contribution in [-0.4, -0.2) is 33.8 Å². The van der Waals surface area contributed by atoms with Crippen LogP contribution in [0.2, 0.25) is 0 Å². The van der Waals surface area contributed by atoms with E-state index in [0.717, 1.165) is 6.42 Å². The van der Waals surface area contributed by atoms with Crippen LogP contribution in [0.4, 0.5) is 0 Å². The van der Waals surface area contributed by atoms with Crippen LogP contribution in [0.5, 0.6) is 6.01 Å². The van der Waals surface area contributed by atoms with Gasteiger partial charge in [-0.3, -0.25) is 0 Å². The van der Waals surface area contributed by atoms with E-state index < -0.39 is 17.7 Å². The van der Waals surface area contributed by atoms with Crippen molar-refractivity contribution in [1.82, 2.24) is 9.97 Å². The third-order valence-electron chi connectivity index (χ3n) is 6.76. The van der Waals surface area contributed by atoms with Gasteiger partial charge in [0.05, 0.1) is 0 Å². The molecule has 1 fully saturated rings. The molecule has 1 saturated carbocycles. The second-order valence-corrected chi connectivity index (χ2v) is 9.38. The van der Waals surface area contributed by atoms with Crippen molar-refractivity contribution in [3.05, 3.63) is 89.2 Å². The number of carboxylic acids is 1. The molecule has 184 valence electrons. The predicted molar refractivity (Wildman–Crippen MR) is 134 cm³/mol. The Labute approximate surface area is 207 Å². The quantitative estimate of drug-likeness (QED) is 0.397. The van der Waals surface area contributed by atoms with Crippen molar-refractivity contribution in [1.29, 1.82) is 0 Å². The largest absolute Gasteiger partial charge is 0.478 e. The molecule has 0 amide bonds. The molecule has 2 aromatic carbocycles. The van der Waals surface area contributed by atoms with Crippen molar-refractivity contribution >= 4 is 5.97 Å². The maximum absolute atomic E-state index is 12.9. The smallest absolute Gasteiger partial charge is 0.348 e. The Hall–Kier alpha value is -3.25. The lowest BCUT2D eigenvalue weighted by Crippen LogP contribution is -2.51. The van der Waals surface area contributed by atoms with E-state index in [9.17, 15) is 9.90 Å². The highest BCUT2D eigenvalue weighted by Crippen LogP contribution is 2.40. The first-order valence-electron chi connectivity index (χ1n) is 12.5. The topological polar surface area (TPSA) is 81.5 Å². The molecular formula is C29H34N2O4. The van der Waals surface area contributed by atoms with Crippen LogP contribution in [0.15, 0.2) is 66.7 Å². The van der Waals surface area contributed by atoms with Gasteiger partial charge in [-0.15, -0.1) is 0 Å². The van der Waals surface area contributed by atoms with Gasteiger partial charge in [0.1, 0.15) is 0 Å². The first-order chi connectivity index (χ1) is 17.0. The average Bonchev–Trinajstić information content (AvgIpc) is 2.87. The lowest BCUT2D eigenvalue weighted by molar-refractivity contribution is -0.164. The Morgan fingerprint density at radius 2 is 1.49 bits per heavy atom. The molecule has 0 spiro atoms. The minimum absolute atomic E-state index is 0.0296.